The molecule has 1 rings (SSSR count). The number of ether oxygens (including phenoxy) is 3. The molecule has 0 saturated carbocycles. The van der Waals surface area contributed by atoms with E-state index in [9.17, 15) is 14.4 Å². The van der Waals surface area contributed by atoms with E-state index in [1.54, 1.807) is 26.0 Å². The van der Waals surface area contributed by atoms with Crippen molar-refractivity contribution >= 4 is 29.6 Å². The Kier molecular flexibility index (Phi) is 8.00. The number of carbonyl (C=O) groups excluding carboxylic acids is 2. The molecular weight excluding hydrogens is 354 g/mol. The van der Waals surface area contributed by atoms with Crippen LogP contribution in [0.4, 0.5) is 4.79 Å². The third kappa shape index (κ3) is 7.75. The second-order valence-electron chi connectivity index (χ2n) is 5.35. The first kappa shape index (κ1) is 20.6. The van der Waals surface area contributed by atoms with E-state index in [0.717, 1.165) is 0 Å². The summed E-state index contributed by atoms with van der Waals surface area (Å²) in [5.41, 5.74) is 0. The summed E-state index contributed by atoms with van der Waals surface area (Å²) in [6.45, 7) is 4.29. The minimum atomic E-state index is -1.35. The van der Waals surface area contributed by atoms with Gasteiger partial charge in [0, 0.05) is 11.9 Å². The van der Waals surface area contributed by atoms with Crippen LogP contribution in [0.5, 0.6) is 5.75 Å². The Morgan fingerprint density at radius 3 is 2.44 bits per heavy atom. The Morgan fingerprint density at radius 2 is 1.88 bits per heavy atom. The molecule has 0 saturated heterocycles. The number of aliphatic carboxylic acids is 1. The lowest BCUT2D eigenvalue weighted by Gasteiger charge is -2.18. The van der Waals surface area contributed by atoms with Gasteiger partial charge in [0.25, 0.3) is 0 Å². The first-order valence-electron chi connectivity index (χ1n) is 7.49. The van der Waals surface area contributed by atoms with Gasteiger partial charge in [-0.15, -0.1) is 0 Å². The van der Waals surface area contributed by atoms with Crippen LogP contribution in [-0.2, 0) is 19.1 Å². The summed E-state index contributed by atoms with van der Waals surface area (Å²) in [4.78, 5) is 34.2. The average molecular weight is 374 g/mol. The summed E-state index contributed by atoms with van der Waals surface area (Å²) in [5, 5.41) is 11.8. The van der Waals surface area contributed by atoms with Crippen LogP contribution in [0, 0.1) is 5.92 Å². The van der Waals surface area contributed by atoms with E-state index in [1.165, 1.54) is 19.1 Å². The molecule has 2 atom stereocenters. The van der Waals surface area contributed by atoms with Crippen molar-refractivity contribution in [2.24, 2.45) is 5.92 Å². The van der Waals surface area contributed by atoms with Crippen LogP contribution in [0.25, 0.3) is 0 Å². The summed E-state index contributed by atoms with van der Waals surface area (Å²) in [6, 6.07) is 6.19. The van der Waals surface area contributed by atoms with Crippen molar-refractivity contribution < 1.29 is 33.7 Å². The van der Waals surface area contributed by atoms with Gasteiger partial charge in [-0.25, -0.2) is 9.59 Å². The monoisotopic (exact) mass is 373 g/mol. The van der Waals surface area contributed by atoms with Gasteiger partial charge in [0.05, 0.1) is 12.5 Å². The fourth-order valence-corrected chi connectivity index (χ4v) is 1.76. The molecule has 1 aromatic carbocycles. The number of halogens is 1. The zero-order chi connectivity index (χ0) is 19.0. The van der Waals surface area contributed by atoms with Crippen LogP contribution < -0.4 is 10.1 Å². The largest absolute Gasteiger partial charge is 0.478 e. The molecule has 1 aromatic rings. The number of amides is 1. The lowest BCUT2D eigenvalue weighted by atomic mass is 10.2. The van der Waals surface area contributed by atoms with E-state index < -0.39 is 30.4 Å². The molecule has 9 heteroatoms. The Bertz CT molecular complexity index is 620. The molecule has 0 aliphatic carbocycles. The number of carboxylic acid groups (broad SMARTS) is 1. The molecule has 0 radical (unpaired) electrons. The fourth-order valence-electron chi connectivity index (χ4n) is 1.58. The van der Waals surface area contributed by atoms with Crippen LogP contribution in [0.1, 0.15) is 20.8 Å². The van der Waals surface area contributed by atoms with Crippen LogP contribution in [0.15, 0.2) is 24.3 Å². The Balaban J connectivity index is 2.50. The van der Waals surface area contributed by atoms with Gasteiger partial charge < -0.3 is 24.6 Å². The molecule has 0 bridgehead atoms. The molecule has 0 fully saturated rings. The molecule has 0 aromatic heterocycles. The third-order valence-corrected chi connectivity index (χ3v) is 3.04. The number of benzene rings is 1. The second kappa shape index (κ2) is 9.73. The van der Waals surface area contributed by atoms with Gasteiger partial charge in [0.1, 0.15) is 5.75 Å². The molecule has 0 heterocycles. The highest BCUT2D eigenvalue weighted by atomic mass is 35.5. The molecule has 0 spiro atoms. The minimum Gasteiger partial charge on any atom is -0.478 e. The summed E-state index contributed by atoms with van der Waals surface area (Å²) < 4.78 is 14.9. The number of alkyl carbamates (subject to hydrolysis) is 1. The summed E-state index contributed by atoms with van der Waals surface area (Å²) in [5.74, 6) is -1.92. The standard InChI is InChI=1S/C16H20ClNO7/c1-9(2)15(21)23-10(3)24-16(22)18-8-13(14(19)20)25-12-6-4-5-11(17)7-12/h4-7,9-10,13H,8H2,1-3H3,(H,18,22)(H,19,20)/t10-,13-/m0/s1. The number of hydrogen-bond acceptors (Lipinski definition) is 6. The van der Waals surface area contributed by atoms with Crippen molar-refractivity contribution in [2.45, 2.75) is 33.2 Å². The maximum Gasteiger partial charge on any atom is 0.410 e. The van der Waals surface area contributed by atoms with Crippen molar-refractivity contribution in [1.82, 2.24) is 5.32 Å². The van der Waals surface area contributed by atoms with Gasteiger partial charge >= 0.3 is 18.0 Å². The zero-order valence-electron chi connectivity index (χ0n) is 14.0. The van der Waals surface area contributed by atoms with E-state index >= 15 is 0 Å². The topological polar surface area (TPSA) is 111 Å². The number of carbonyl (C=O) groups is 3. The average Bonchev–Trinajstić information content (AvgIpc) is 2.50. The normalized spacial score (nSPS) is 12.8. The Hall–Kier alpha value is -2.48. The number of hydrogen-bond donors (Lipinski definition) is 2. The predicted octanol–water partition coefficient (Wildman–Crippen LogP) is 2.44. The summed E-state index contributed by atoms with van der Waals surface area (Å²) in [7, 11) is 0. The van der Waals surface area contributed by atoms with Gasteiger partial charge in [0.2, 0.25) is 12.4 Å². The molecule has 8 nitrogen and oxygen atoms in total. The Labute approximate surface area is 150 Å². The molecule has 1 amide bonds. The fraction of sp³-hybridized carbons (Fsp3) is 0.438. The van der Waals surface area contributed by atoms with Crippen molar-refractivity contribution in [1.29, 1.82) is 0 Å². The molecule has 0 aliphatic heterocycles. The van der Waals surface area contributed by atoms with Crippen LogP contribution in [0.2, 0.25) is 5.02 Å². The SMILES string of the molecule is CC(C)C(=O)O[C@H](C)OC(=O)NC[C@H](Oc1cccc(Cl)c1)C(=O)O. The molecular formula is C16H20ClNO7. The van der Waals surface area contributed by atoms with Gasteiger partial charge in [-0.05, 0) is 18.2 Å². The van der Waals surface area contributed by atoms with Crippen molar-refractivity contribution in [3.8, 4) is 5.75 Å². The van der Waals surface area contributed by atoms with Crippen LogP contribution in [-0.4, -0.2) is 42.1 Å². The highest BCUT2D eigenvalue weighted by Gasteiger charge is 2.22. The first-order chi connectivity index (χ1) is 11.7. The van der Waals surface area contributed by atoms with Crippen molar-refractivity contribution in [3.05, 3.63) is 29.3 Å². The van der Waals surface area contributed by atoms with E-state index in [1.807, 2.05) is 0 Å². The molecule has 0 unspecified atom stereocenters. The molecule has 25 heavy (non-hydrogen) atoms. The van der Waals surface area contributed by atoms with Gasteiger partial charge in [-0.2, -0.15) is 0 Å². The van der Waals surface area contributed by atoms with Gasteiger partial charge in [0.15, 0.2) is 0 Å². The van der Waals surface area contributed by atoms with Crippen LogP contribution in [0.3, 0.4) is 0 Å². The zero-order valence-corrected chi connectivity index (χ0v) is 14.8. The number of rotatable bonds is 8. The van der Waals surface area contributed by atoms with Crippen molar-refractivity contribution in [2.75, 3.05) is 6.54 Å². The minimum absolute atomic E-state index is 0.245. The third-order valence-electron chi connectivity index (χ3n) is 2.81. The molecule has 2 N–H and O–H groups in total. The van der Waals surface area contributed by atoms with Gasteiger partial charge in [-0.1, -0.05) is 31.5 Å². The summed E-state index contributed by atoms with van der Waals surface area (Å²) >= 11 is 5.80. The lowest BCUT2D eigenvalue weighted by molar-refractivity contribution is -0.168. The highest BCUT2D eigenvalue weighted by Crippen LogP contribution is 2.18. The van der Waals surface area contributed by atoms with E-state index in [2.05, 4.69) is 5.32 Å². The number of esters is 1. The molecule has 0 aliphatic rings. The quantitative estimate of drug-likeness (QED) is 0.531. The van der Waals surface area contributed by atoms with E-state index in [-0.39, 0.29) is 18.2 Å². The highest BCUT2D eigenvalue weighted by molar-refractivity contribution is 6.30. The van der Waals surface area contributed by atoms with E-state index in [4.69, 9.17) is 30.9 Å². The summed E-state index contributed by atoms with van der Waals surface area (Å²) in [6.07, 6.45) is -3.39. The number of nitrogens with one attached hydrogen (secondary N) is 1. The maximum atomic E-state index is 11.6. The first-order valence-corrected chi connectivity index (χ1v) is 7.86. The molecule has 138 valence electrons. The van der Waals surface area contributed by atoms with Crippen LogP contribution >= 0.6 is 11.6 Å². The maximum absolute atomic E-state index is 11.6. The Morgan fingerprint density at radius 1 is 1.20 bits per heavy atom. The smallest absolute Gasteiger partial charge is 0.410 e. The second-order valence-corrected chi connectivity index (χ2v) is 5.78. The van der Waals surface area contributed by atoms with E-state index in [0.29, 0.717) is 5.02 Å². The van der Waals surface area contributed by atoms with Gasteiger partial charge in [-0.3, -0.25) is 4.79 Å². The lowest BCUT2D eigenvalue weighted by Crippen LogP contribution is -2.41. The number of carboxylic acids is 1. The van der Waals surface area contributed by atoms with Crippen molar-refractivity contribution in [3.63, 3.8) is 0 Å². The predicted molar refractivity (Wildman–Crippen MR) is 88.4 cm³/mol.